The highest BCUT2D eigenvalue weighted by Crippen LogP contribution is 2.31. The van der Waals surface area contributed by atoms with Crippen LogP contribution in [0.2, 0.25) is 0 Å². The van der Waals surface area contributed by atoms with Crippen molar-refractivity contribution in [3.8, 4) is 11.5 Å². The molecule has 0 aliphatic carbocycles. The average molecular weight is 1550 g/mol. The molecule has 0 spiro atoms. The van der Waals surface area contributed by atoms with Crippen LogP contribution in [-0.4, -0.2) is 137 Å². The number of carbonyl (C=O) groups is 6. The number of nitrogens with two attached hydrogens (primary N) is 6. The first-order valence-electron chi connectivity index (χ1n) is 37.1. The number of methoxy groups -OCH3 is 2. The number of ketones is 1. The summed E-state index contributed by atoms with van der Waals surface area (Å²) >= 11 is 0. The first-order chi connectivity index (χ1) is 54.5. The molecule has 0 radical (unpaired) electrons. The van der Waals surface area contributed by atoms with Crippen molar-refractivity contribution in [3.63, 3.8) is 0 Å². The van der Waals surface area contributed by atoms with Gasteiger partial charge in [-0.15, -0.1) is 0 Å². The maximum atomic E-state index is 13.5. The Kier molecular flexibility index (Phi) is 41.3. The second kappa shape index (κ2) is 51.1. The second-order valence-electron chi connectivity index (χ2n) is 25.7. The van der Waals surface area contributed by atoms with Crippen LogP contribution in [0.1, 0.15) is 93.9 Å². The van der Waals surface area contributed by atoms with Crippen LogP contribution in [-0.2, 0) is 43.5 Å². The summed E-state index contributed by atoms with van der Waals surface area (Å²) in [5.41, 5.74) is 44.0. The van der Waals surface area contributed by atoms with E-state index in [4.69, 9.17) is 63.6 Å². The van der Waals surface area contributed by atoms with Gasteiger partial charge in [0.15, 0.2) is 0 Å². The number of aliphatic hydroxyl groups is 2. The smallest absolute Gasteiger partial charge is 0.412 e. The largest absolute Gasteiger partial charge is 0.497 e. The van der Waals surface area contributed by atoms with Gasteiger partial charge in [-0.1, -0.05) is 160 Å². The lowest BCUT2D eigenvalue weighted by Gasteiger charge is -2.19. The van der Waals surface area contributed by atoms with Gasteiger partial charge in [-0.25, -0.2) is 14.0 Å². The third-order valence-electron chi connectivity index (χ3n) is 16.6. The first-order valence-corrected chi connectivity index (χ1v) is 37.1. The summed E-state index contributed by atoms with van der Waals surface area (Å²) in [5, 5.41) is 35.3. The topological polar surface area (TPSA) is 399 Å². The van der Waals surface area contributed by atoms with E-state index in [1.165, 1.54) is 24.6 Å². The van der Waals surface area contributed by atoms with E-state index < -0.39 is 12.2 Å². The molecule has 25 heteroatoms. The van der Waals surface area contributed by atoms with Crippen LogP contribution in [0.5, 0.6) is 11.5 Å². The number of nitrogens with one attached hydrogen (secondary N) is 5. The number of alkyl carbamates (subject to hydrolysis) is 1. The van der Waals surface area contributed by atoms with Crippen LogP contribution in [0.3, 0.4) is 0 Å². The van der Waals surface area contributed by atoms with Crippen molar-refractivity contribution >= 4 is 91.7 Å². The maximum Gasteiger partial charge on any atom is 0.412 e. The number of halogens is 1. The van der Waals surface area contributed by atoms with Crippen molar-refractivity contribution in [2.45, 2.75) is 72.5 Å². The minimum absolute atomic E-state index is 0.00105. The molecule has 600 valence electrons. The quantitative estimate of drug-likeness (QED) is 0.0113. The molecule has 1 atom stereocenters. The number of fused-ring (bicyclic) bond motifs is 2. The number of carbonyl (C=O) groups excluding carboxylic acids is 6. The monoisotopic (exact) mass is 1540 g/mol. The Labute approximate surface area is 661 Å². The predicted molar refractivity (Wildman–Crippen MR) is 451 cm³/mol. The van der Waals surface area contributed by atoms with Gasteiger partial charge in [0.2, 0.25) is 11.8 Å². The Balaban J connectivity index is 0.000000245. The van der Waals surface area contributed by atoms with Crippen LogP contribution >= 0.6 is 0 Å². The number of rotatable bonds is 30. The molecule has 0 saturated carbocycles. The average Bonchev–Trinajstić information content (AvgIpc) is 0.827. The highest BCUT2D eigenvalue weighted by molar-refractivity contribution is 6.07. The van der Waals surface area contributed by atoms with E-state index >= 15 is 0 Å². The van der Waals surface area contributed by atoms with Gasteiger partial charge in [-0.2, -0.15) is 0 Å². The summed E-state index contributed by atoms with van der Waals surface area (Å²) < 4.78 is 34.0. The molecule has 0 aromatic heterocycles. The number of hydrogen-bond donors (Lipinski definition) is 13. The van der Waals surface area contributed by atoms with Gasteiger partial charge in [0.25, 0.3) is 5.91 Å². The van der Waals surface area contributed by atoms with E-state index in [9.17, 15) is 33.2 Å². The minimum Gasteiger partial charge on any atom is -0.497 e. The van der Waals surface area contributed by atoms with Gasteiger partial charge in [0, 0.05) is 99.2 Å². The third-order valence-corrected chi connectivity index (χ3v) is 16.6. The summed E-state index contributed by atoms with van der Waals surface area (Å²) in [4.78, 5) is 72.5. The number of unbranched alkanes of at least 4 members (excludes halogenated alkanes) is 1. The standard InChI is InChI=1S/C22H20FNO.C17H20N2O4.C15H16N2O.C13H14N2O.C12H19N3O2.C9H20N2O3/c1-15-13-16(7-12-20(15)23)14-21(25)22(17-5-3-2-4-6-17)18-8-10-19(24)11-9-18;1-11-6-12(8-13(18)7-11)10-23-17(20)19-15-5-4-14(21-2)9-16(15)22-3;16-10-11-17-15(18)9-8-13-6-3-5-12-4-1-2-7-14(12)13;14-8-9-15-13(16)12-7-3-5-10-4-1-2-6-11(10)12;1-2-3-4-15-12(16)17-8-9-5-10(13)7-11(14)6-9;1-2-3-10-9(14)8-11(4-6-12)5-7-13/h2-13,22H,14,24H2,1H3;4-9H,10,18H2,1-3H3,(H,19,20);1-9H,10-11,16H2,(H,17,18);1-7H,8-9,14H2,(H,15,16);5-7H,2-4,8,13-14H2,1H3,(H,15,16);12-13H,2-8H2,1H3,(H,10,14)/b;;9-8-;;;. The van der Waals surface area contributed by atoms with E-state index in [2.05, 4.69) is 45.6 Å². The summed E-state index contributed by atoms with van der Waals surface area (Å²) in [6, 6.07) is 65.3. The number of anilines is 5. The number of benzene rings is 10. The predicted octanol–water partition coefficient (Wildman–Crippen LogP) is 12.1. The van der Waals surface area contributed by atoms with E-state index in [0.29, 0.717) is 103 Å². The fourth-order valence-corrected chi connectivity index (χ4v) is 11.2. The van der Waals surface area contributed by atoms with Gasteiger partial charge in [0.05, 0.1) is 45.6 Å². The lowest BCUT2D eigenvalue weighted by Crippen LogP contribution is -2.40. The number of Topliss-reactive ketones (excluding diaryl/α,β-unsaturated/α-hetero) is 1. The number of aryl methyl sites for hydroxylation is 2. The van der Waals surface area contributed by atoms with Crippen LogP contribution < -0.4 is 70.5 Å². The van der Waals surface area contributed by atoms with Gasteiger partial charge < -0.3 is 84.8 Å². The number of nitrogens with zero attached hydrogens (tertiary/aromatic N) is 1. The van der Waals surface area contributed by atoms with Crippen molar-refractivity contribution in [2.75, 3.05) is 115 Å². The van der Waals surface area contributed by atoms with Crippen LogP contribution in [0.15, 0.2) is 218 Å². The number of amides is 5. The zero-order valence-corrected chi connectivity index (χ0v) is 65.2. The molecule has 0 bridgehead atoms. The molecule has 0 heterocycles. The van der Waals surface area contributed by atoms with Crippen LogP contribution in [0.4, 0.5) is 42.4 Å². The number of nitrogen functional groups attached to an aromatic ring is 4. The molecule has 24 nitrogen and oxygen atoms in total. The molecule has 1 unspecified atom stereocenters. The Bertz CT molecular complexity index is 4570. The molecule has 5 amide bonds. The molecule has 10 rings (SSSR count). The fraction of sp³-hybridized carbons (Fsp3) is 0.273. The summed E-state index contributed by atoms with van der Waals surface area (Å²) in [6.07, 6.45) is 5.52. The van der Waals surface area contributed by atoms with Crippen molar-refractivity contribution in [3.05, 3.63) is 274 Å². The summed E-state index contributed by atoms with van der Waals surface area (Å²) in [6.45, 7) is 12.3. The molecule has 0 saturated heterocycles. The van der Waals surface area contributed by atoms with E-state index in [0.717, 1.165) is 74.4 Å². The molecule has 0 aliphatic heterocycles. The molecular formula is C88H109FN12O12. The third kappa shape index (κ3) is 33.8. The van der Waals surface area contributed by atoms with Crippen LogP contribution in [0, 0.1) is 19.7 Å². The Morgan fingerprint density at radius 3 is 1.73 bits per heavy atom. The second-order valence-corrected chi connectivity index (χ2v) is 25.7. The van der Waals surface area contributed by atoms with Gasteiger partial charge in [-0.05, 0) is 166 Å². The maximum absolute atomic E-state index is 13.5. The fourth-order valence-electron chi connectivity index (χ4n) is 11.2. The SMILES string of the molecule is CCCCNC(=O)OCc1cc(N)cc(N)c1.CCCNC(=O)CN(CCO)CCO.COc1ccc(NC(=O)OCc2cc(C)cc(N)c2)c(OC)c1.Cc1cc(CC(=O)C(c2ccccc2)c2ccc(N)cc2)ccc1F.NCCNC(=O)/C=C\c1cccc2ccccc12.NCCNC(=O)c1cccc2ccccc12. The summed E-state index contributed by atoms with van der Waals surface area (Å²) in [7, 11) is 3.07. The molecule has 19 N–H and O–H groups in total. The highest BCUT2D eigenvalue weighted by atomic mass is 19.1. The number of ether oxygens (including phenoxy) is 4. The van der Waals surface area contributed by atoms with Gasteiger partial charge in [-0.3, -0.25) is 29.4 Å². The van der Waals surface area contributed by atoms with Crippen molar-refractivity contribution in [1.29, 1.82) is 0 Å². The van der Waals surface area contributed by atoms with Gasteiger partial charge >= 0.3 is 12.2 Å². The molecule has 0 fully saturated rings. The first kappa shape index (κ1) is 91.2. The number of hydrogen-bond acceptors (Lipinski definition) is 19. The van der Waals surface area contributed by atoms with Crippen molar-refractivity contribution in [2.24, 2.45) is 11.5 Å². The van der Waals surface area contributed by atoms with E-state index in [1.54, 1.807) is 85.7 Å². The van der Waals surface area contributed by atoms with Crippen molar-refractivity contribution < 1.29 is 62.3 Å². The lowest BCUT2D eigenvalue weighted by atomic mass is 9.85. The molecular weight excluding hydrogens is 1440 g/mol. The zero-order chi connectivity index (χ0) is 82.3. The zero-order valence-electron chi connectivity index (χ0n) is 65.2. The normalized spacial score (nSPS) is 10.7. The lowest BCUT2D eigenvalue weighted by molar-refractivity contribution is -0.122. The minimum atomic E-state index is -0.575. The van der Waals surface area contributed by atoms with Crippen LogP contribution in [0.25, 0.3) is 27.6 Å². The van der Waals surface area contributed by atoms with Gasteiger partial charge in [0.1, 0.15) is 36.3 Å². The molecule has 10 aromatic rings. The molecule has 113 heavy (non-hydrogen) atoms. The number of aliphatic hydroxyl groups excluding tert-OH is 2. The highest BCUT2D eigenvalue weighted by Gasteiger charge is 2.23. The molecule has 0 aliphatic rings. The Hall–Kier alpha value is -12.4. The Morgan fingerprint density at radius 1 is 0.531 bits per heavy atom. The summed E-state index contributed by atoms with van der Waals surface area (Å²) in [5.74, 6) is 0.324. The van der Waals surface area contributed by atoms with E-state index in [-0.39, 0.29) is 74.6 Å². The molecule has 10 aromatic carbocycles. The van der Waals surface area contributed by atoms with Crippen molar-refractivity contribution in [1.82, 2.24) is 26.2 Å². The van der Waals surface area contributed by atoms with E-state index in [1.807, 2.05) is 147 Å². The Morgan fingerprint density at radius 2 is 1.12 bits per heavy atom.